The third kappa shape index (κ3) is 6.41. The quantitative estimate of drug-likeness (QED) is 0.383. The molecule has 0 saturated heterocycles. The van der Waals surface area contributed by atoms with Crippen LogP contribution < -0.4 is 0 Å². The number of hydrogen-bond acceptors (Lipinski definition) is 2. The van der Waals surface area contributed by atoms with Crippen LogP contribution in [0.5, 0.6) is 0 Å². The van der Waals surface area contributed by atoms with Crippen molar-refractivity contribution >= 4 is 20.9 Å². The van der Waals surface area contributed by atoms with Crippen molar-refractivity contribution < 1.29 is 4.43 Å². The second-order valence-electron chi connectivity index (χ2n) is 3.09. The van der Waals surface area contributed by atoms with Crippen LogP contribution in [0.2, 0.25) is 19.6 Å². The molecule has 1 unspecified atom stereocenters. The van der Waals surface area contributed by atoms with Gasteiger partial charge in [0.05, 0.1) is 5.44 Å². The van der Waals surface area contributed by atoms with Gasteiger partial charge in [0.25, 0.3) is 0 Å². The molecular weight excluding hydrogens is 148 g/mol. The van der Waals surface area contributed by atoms with E-state index in [-0.39, 0.29) is 5.44 Å². The summed E-state index contributed by atoms with van der Waals surface area (Å²) < 4.78 is 5.59. The number of hydrogen-bond donors (Lipinski definition) is 1. The highest BCUT2D eigenvalue weighted by Gasteiger charge is 2.16. The van der Waals surface area contributed by atoms with Crippen LogP contribution in [0.3, 0.4) is 0 Å². The van der Waals surface area contributed by atoms with Crippen LogP contribution in [-0.2, 0) is 4.43 Å². The first-order valence-electron chi connectivity index (χ1n) is 3.31. The Balaban J connectivity index is 3.47. The van der Waals surface area contributed by atoms with E-state index in [1.54, 1.807) is 0 Å². The first-order chi connectivity index (χ1) is 3.95. The molecular formula is C6H16OSSi. The summed E-state index contributed by atoms with van der Waals surface area (Å²) in [7, 11) is -1.32. The molecule has 0 bridgehead atoms. The maximum absolute atomic E-state index is 5.59. The molecule has 1 nitrogen and oxygen atoms in total. The molecule has 1 atom stereocenters. The smallest absolute Gasteiger partial charge is 0.185 e. The molecule has 0 aromatic carbocycles. The lowest BCUT2D eigenvalue weighted by Crippen LogP contribution is -2.29. The van der Waals surface area contributed by atoms with Crippen LogP contribution in [0.15, 0.2) is 0 Å². The van der Waals surface area contributed by atoms with Crippen molar-refractivity contribution in [2.75, 3.05) is 0 Å². The van der Waals surface area contributed by atoms with Gasteiger partial charge in [-0.1, -0.05) is 6.92 Å². The average molecular weight is 164 g/mol. The molecule has 0 spiro atoms. The highest BCUT2D eigenvalue weighted by Crippen LogP contribution is 2.11. The lowest BCUT2D eigenvalue weighted by atomic mass is 10.5. The van der Waals surface area contributed by atoms with Gasteiger partial charge in [0, 0.05) is 0 Å². The molecule has 0 aromatic rings. The zero-order valence-electron chi connectivity index (χ0n) is 6.64. The van der Waals surface area contributed by atoms with E-state index >= 15 is 0 Å². The van der Waals surface area contributed by atoms with Crippen molar-refractivity contribution in [1.82, 2.24) is 0 Å². The molecule has 9 heavy (non-hydrogen) atoms. The predicted molar refractivity (Wildman–Crippen MR) is 47.5 cm³/mol. The lowest BCUT2D eigenvalue weighted by Gasteiger charge is -2.21. The second-order valence-corrected chi connectivity index (χ2v) is 8.13. The molecule has 0 aliphatic rings. The average Bonchev–Trinajstić information content (AvgIpc) is 1.62. The molecule has 0 radical (unpaired) electrons. The Morgan fingerprint density at radius 1 is 1.44 bits per heavy atom. The fourth-order valence-corrected chi connectivity index (χ4v) is 2.42. The Bertz CT molecular complexity index is 79.6. The van der Waals surface area contributed by atoms with Gasteiger partial charge in [0.1, 0.15) is 0 Å². The summed E-state index contributed by atoms with van der Waals surface area (Å²) in [5.41, 5.74) is 0.150. The van der Waals surface area contributed by atoms with Crippen LogP contribution in [0.25, 0.3) is 0 Å². The van der Waals surface area contributed by atoms with E-state index in [1.165, 1.54) is 0 Å². The Morgan fingerprint density at radius 3 is 2.00 bits per heavy atom. The van der Waals surface area contributed by atoms with Gasteiger partial charge in [-0.2, -0.15) is 0 Å². The fraction of sp³-hybridized carbons (Fsp3) is 1.00. The van der Waals surface area contributed by atoms with Crippen molar-refractivity contribution in [2.24, 2.45) is 0 Å². The summed E-state index contributed by atoms with van der Waals surface area (Å²) in [6.45, 7) is 8.60. The van der Waals surface area contributed by atoms with Crippen molar-refractivity contribution in [2.45, 2.75) is 38.4 Å². The van der Waals surface area contributed by atoms with Crippen molar-refractivity contribution in [3.8, 4) is 0 Å². The molecule has 3 heteroatoms. The summed E-state index contributed by atoms with van der Waals surface area (Å²) >= 11 is 4.24. The van der Waals surface area contributed by atoms with Gasteiger partial charge < -0.3 is 4.43 Å². The molecule has 0 fully saturated rings. The Hall–Kier alpha value is 0.527. The highest BCUT2D eigenvalue weighted by molar-refractivity contribution is 7.80. The lowest BCUT2D eigenvalue weighted by molar-refractivity contribution is 0.279. The summed E-state index contributed by atoms with van der Waals surface area (Å²) in [6, 6.07) is 0. The van der Waals surface area contributed by atoms with Crippen molar-refractivity contribution in [3.63, 3.8) is 0 Å². The van der Waals surface area contributed by atoms with Gasteiger partial charge >= 0.3 is 0 Å². The maximum atomic E-state index is 5.59. The third-order valence-corrected chi connectivity index (χ3v) is 2.50. The van der Waals surface area contributed by atoms with E-state index in [0.29, 0.717) is 0 Å². The van der Waals surface area contributed by atoms with Crippen LogP contribution in [-0.4, -0.2) is 13.8 Å². The van der Waals surface area contributed by atoms with Gasteiger partial charge in [-0.25, -0.2) is 0 Å². The Labute approximate surface area is 64.3 Å². The Kier molecular flexibility index (Phi) is 3.85. The largest absolute Gasteiger partial charge is 0.406 e. The van der Waals surface area contributed by atoms with E-state index in [2.05, 4.69) is 39.2 Å². The minimum Gasteiger partial charge on any atom is -0.406 e. The van der Waals surface area contributed by atoms with E-state index in [9.17, 15) is 0 Å². The van der Waals surface area contributed by atoms with E-state index < -0.39 is 8.32 Å². The predicted octanol–water partition coefficient (Wildman–Crippen LogP) is 2.50. The normalized spacial score (nSPS) is 15.7. The standard InChI is InChI=1S/C6H16OSSi/c1-5-6(8)7-9(2,3)4/h6,8H,5H2,1-4H3. The monoisotopic (exact) mass is 164 g/mol. The van der Waals surface area contributed by atoms with Crippen LogP contribution in [0.1, 0.15) is 13.3 Å². The molecule has 0 aliphatic carbocycles. The number of thiol groups is 1. The van der Waals surface area contributed by atoms with Crippen molar-refractivity contribution in [3.05, 3.63) is 0 Å². The number of rotatable bonds is 3. The summed E-state index contributed by atoms with van der Waals surface area (Å²) in [4.78, 5) is 0. The first kappa shape index (κ1) is 9.53. The molecule has 0 N–H and O–H groups in total. The summed E-state index contributed by atoms with van der Waals surface area (Å²) in [5.74, 6) is 0. The minimum atomic E-state index is -1.32. The minimum absolute atomic E-state index is 0.150. The summed E-state index contributed by atoms with van der Waals surface area (Å²) in [6.07, 6.45) is 0.993. The molecule has 0 saturated carbocycles. The van der Waals surface area contributed by atoms with E-state index in [0.717, 1.165) is 6.42 Å². The van der Waals surface area contributed by atoms with E-state index in [4.69, 9.17) is 4.43 Å². The van der Waals surface area contributed by atoms with Gasteiger partial charge in [-0.05, 0) is 26.1 Å². The first-order valence-corrected chi connectivity index (χ1v) is 7.24. The molecule has 56 valence electrons. The summed E-state index contributed by atoms with van der Waals surface area (Å²) in [5, 5.41) is 0. The molecule has 0 aromatic heterocycles. The van der Waals surface area contributed by atoms with Gasteiger partial charge in [-0.15, -0.1) is 12.6 Å². The topological polar surface area (TPSA) is 9.23 Å². The molecule has 0 heterocycles. The maximum Gasteiger partial charge on any atom is 0.185 e. The van der Waals surface area contributed by atoms with Gasteiger partial charge in [-0.3, -0.25) is 0 Å². The van der Waals surface area contributed by atoms with E-state index in [1.807, 2.05) is 0 Å². The fourth-order valence-electron chi connectivity index (χ4n) is 0.491. The SMILES string of the molecule is CCC(S)O[Si](C)(C)C. The van der Waals surface area contributed by atoms with Crippen molar-refractivity contribution in [1.29, 1.82) is 0 Å². The molecule has 0 aliphatic heterocycles. The van der Waals surface area contributed by atoms with Gasteiger partial charge in [0.15, 0.2) is 8.32 Å². The van der Waals surface area contributed by atoms with Gasteiger partial charge in [0.2, 0.25) is 0 Å². The molecule has 0 amide bonds. The zero-order valence-corrected chi connectivity index (χ0v) is 8.53. The molecule has 0 rings (SSSR count). The van der Waals surface area contributed by atoms with Crippen LogP contribution >= 0.6 is 12.6 Å². The third-order valence-electron chi connectivity index (χ3n) is 0.839. The van der Waals surface area contributed by atoms with Crippen LogP contribution in [0.4, 0.5) is 0 Å². The van der Waals surface area contributed by atoms with Crippen LogP contribution in [0, 0.1) is 0 Å². The Morgan fingerprint density at radius 2 is 1.89 bits per heavy atom. The highest BCUT2D eigenvalue weighted by atomic mass is 32.1. The zero-order chi connectivity index (χ0) is 7.49. The second kappa shape index (κ2) is 3.64.